The number of hydrogen-bond donors (Lipinski definition) is 1. The molecule has 0 amide bonds. The van der Waals surface area contributed by atoms with Crippen LogP contribution in [0.15, 0.2) is 18.2 Å². The van der Waals surface area contributed by atoms with Gasteiger partial charge in [0, 0.05) is 17.5 Å². The molecule has 2 rings (SSSR count). The van der Waals surface area contributed by atoms with Crippen molar-refractivity contribution >= 4 is 11.8 Å². The van der Waals surface area contributed by atoms with Crippen LogP contribution in [0.25, 0.3) is 0 Å². The molecular formula is C17H27NOS. The standard InChI is InChI=1S/C17H27NOS/c1-4-8-18-16(17-12-20-10-9-19-17)11-15-13(2)6-5-7-14(15)3/h5-7,16-18H,4,8-12H2,1-3H3. The number of rotatable bonds is 6. The Bertz CT molecular complexity index is 395. The molecule has 1 aliphatic heterocycles. The van der Waals surface area contributed by atoms with Crippen molar-refractivity contribution in [2.24, 2.45) is 0 Å². The normalized spacial score (nSPS) is 20.9. The highest BCUT2D eigenvalue weighted by Crippen LogP contribution is 2.21. The van der Waals surface area contributed by atoms with Crippen LogP contribution in [0.2, 0.25) is 0 Å². The van der Waals surface area contributed by atoms with Crippen molar-refractivity contribution in [3.05, 3.63) is 34.9 Å². The number of benzene rings is 1. The summed E-state index contributed by atoms with van der Waals surface area (Å²) in [5.41, 5.74) is 4.29. The zero-order valence-electron chi connectivity index (χ0n) is 12.9. The van der Waals surface area contributed by atoms with E-state index >= 15 is 0 Å². The second kappa shape index (κ2) is 8.06. The van der Waals surface area contributed by atoms with Crippen LogP contribution in [-0.2, 0) is 11.2 Å². The van der Waals surface area contributed by atoms with E-state index in [0.29, 0.717) is 12.1 Å². The zero-order chi connectivity index (χ0) is 14.4. The summed E-state index contributed by atoms with van der Waals surface area (Å²) in [5, 5.41) is 3.70. The molecule has 112 valence electrons. The van der Waals surface area contributed by atoms with Crippen molar-refractivity contribution in [2.75, 3.05) is 24.7 Å². The third-order valence-electron chi connectivity index (χ3n) is 4.02. The lowest BCUT2D eigenvalue weighted by Gasteiger charge is -2.32. The quantitative estimate of drug-likeness (QED) is 0.869. The fourth-order valence-electron chi connectivity index (χ4n) is 2.79. The average molecular weight is 293 g/mol. The molecule has 3 heteroatoms. The maximum atomic E-state index is 6.01. The third kappa shape index (κ3) is 4.24. The van der Waals surface area contributed by atoms with Gasteiger partial charge in [0.05, 0.1) is 12.7 Å². The summed E-state index contributed by atoms with van der Waals surface area (Å²) in [6, 6.07) is 7.02. The summed E-state index contributed by atoms with van der Waals surface area (Å²) in [6.45, 7) is 8.62. The molecule has 0 radical (unpaired) electrons. The summed E-state index contributed by atoms with van der Waals surface area (Å²) in [5.74, 6) is 2.26. The first-order valence-corrected chi connectivity index (χ1v) is 8.85. The van der Waals surface area contributed by atoms with Crippen molar-refractivity contribution in [3.63, 3.8) is 0 Å². The Labute approximate surface area is 127 Å². The highest BCUT2D eigenvalue weighted by molar-refractivity contribution is 7.99. The maximum Gasteiger partial charge on any atom is 0.0821 e. The molecule has 1 saturated heterocycles. The molecule has 1 N–H and O–H groups in total. The first-order valence-electron chi connectivity index (χ1n) is 7.70. The van der Waals surface area contributed by atoms with Crippen molar-refractivity contribution in [2.45, 2.75) is 45.8 Å². The number of ether oxygens (including phenoxy) is 1. The van der Waals surface area contributed by atoms with Gasteiger partial charge < -0.3 is 10.1 Å². The molecule has 1 aromatic rings. The van der Waals surface area contributed by atoms with Crippen LogP contribution in [-0.4, -0.2) is 36.8 Å². The van der Waals surface area contributed by atoms with Crippen molar-refractivity contribution in [1.82, 2.24) is 5.32 Å². The van der Waals surface area contributed by atoms with Gasteiger partial charge in [0.15, 0.2) is 0 Å². The van der Waals surface area contributed by atoms with Crippen molar-refractivity contribution in [1.29, 1.82) is 0 Å². The lowest BCUT2D eigenvalue weighted by molar-refractivity contribution is 0.0471. The molecule has 20 heavy (non-hydrogen) atoms. The minimum Gasteiger partial charge on any atom is -0.375 e. The van der Waals surface area contributed by atoms with E-state index < -0.39 is 0 Å². The molecular weight excluding hydrogens is 266 g/mol. The highest BCUT2D eigenvalue weighted by Gasteiger charge is 2.25. The van der Waals surface area contributed by atoms with Gasteiger partial charge in [0.25, 0.3) is 0 Å². The third-order valence-corrected chi connectivity index (χ3v) is 5.04. The SMILES string of the molecule is CCCNC(Cc1c(C)cccc1C)C1CSCCO1. The van der Waals surface area contributed by atoms with Crippen LogP contribution in [0.3, 0.4) is 0 Å². The molecule has 1 aliphatic rings. The second-order valence-corrected chi connectivity index (χ2v) is 6.77. The van der Waals surface area contributed by atoms with Crippen LogP contribution in [0, 0.1) is 13.8 Å². The Balaban J connectivity index is 2.09. The topological polar surface area (TPSA) is 21.3 Å². The predicted molar refractivity (Wildman–Crippen MR) is 88.8 cm³/mol. The minimum atomic E-state index is 0.347. The van der Waals surface area contributed by atoms with Gasteiger partial charge in [-0.15, -0.1) is 0 Å². The Morgan fingerprint density at radius 3 is 2.70 bits per heavy atom. The Hall–Kier alpha value is -0.510. The van der Waals surface area contributed by atoms with Gasteiger partial charge >= 0.3 is 0 Å². The zero-order valence-corrected chi connectivity index (χ0v) is 13.8. The first kappa shape index (κ1) is 15.9. The van der Waals surface area contributed by atoms with Crippen LogP contribution >= 0.6 is 11.8 Å². The van der Waals surface area contributed by atoms with Gasteiger partial charge in [-0.3, -0.25) is 0 Å². The molecule has 1 fully saturated rings. The molecule has 0 bridgehead atoms. The molecule has 0 aromatic heterocycles. The van der Waals surface area contributed by atoms with Crippen LogP contribution < -0.4 is 5.32 Å². The van der Waals surface area contributed by atoms with Crippen LogP contribution in [0.4, 0.5) is 0 Å². The van der Waals surface area contributed by atoms with Gasteiger partial charge in [-0.2, -0.15) is 11.8 Å². The van der Waals surface area contributed by atoms with Crippen LogP contribution in [0.1, 0.15) is 30.0 Å². The molecule has 2 nitrogen and oxygen atoms in total. The maximum absolute atomic E-state index is 6.01. The summed E-state index contributed by atoms with van der Waals surface area (Å²) in [6.07, 6.45) is 2.59. The number of aryl methyl sites for hydroxylation is 2. The Morgan fingerprint density at radius 1 is 1.35 bits per heavy atom. The summed E-state index contributed by atoms with van der Waals surface area (Å²) in [7, 11) is 0. The summed E-state index contributed by atoms with van der Waals surface area (Å²) in [4.78, 5) is 0. The van der Waals surface area contributed by atoms with Crippen molar-refractivity contribution < 1.29 is 4.74 Å². The monoisotopic (exact) mass is 293 g/mol. The molecule has 2 unspecified atom stereocenters. The Kier molecular flexibility index (Phi) is 6.40. The fraction of sp³-hybridized carbons (Fsp3) is 0.647. The van der Waals surface area contributed by atoms with E-state index in [2.05, 4.69) is 44.3 Å². The smallest absolute Gasteiger partial charge is 0.0821 e. The van der Waals surface area contributed by atoms with E-state index in [9.17, 15) is 0 Å². The lowest BCUT2D eigenvalue weighted by atomic mass is 9.94. The molecule has 0 saturated carbocycles. The largest absolute Gasteiger partial charge is 0.375 e. The van der Waals surface area contributed by atoms with Gasteiger partial charge in [-0.05, 0) is 49.9 Å². The fourth-order valence-corrected chi connectivity index (χ4v) is 3.74. The molecule has 0 aliphatic carbocycles. The molecule has 1 heterocycles. The van der Waals surface area contributed by atoms with E-state index in [1.54, 1.807) is 0 Å². The van der Waals surface area contributed by atoms with E-state index in [0.717, 1.165) is 31.1 Å². The Morgan fingerprint density at radius 2 is 2.10 bits per heavy atom. The van der Waals surface area contributed by atoms with Gasteiger partial charge in [0.2, 0.25) is 0 Å². The van der Waals surface area contributed by atoms with E-state index in [1.165, 1.54) is 23.1 Å². The minimum absolute atomic E-state index is 0.347. The number of thioether (sulfide) groups is 1. The summed E-state index contributed by atoms with van der Waals surface area (Å²) >= 11 is 2.02. The van der Waals surface area contributed by atoms with Crippen molar-refractivity contribution in [3.8, 4) is 0 Å². The highest BCUT2D eigenvalue weighted by atomic mass is 32.2. The van der Waals surface area contributed by atoms with Gasteiger partial charge in [0.1, 0.15) is 0 Å². The summed E-state index contributed by atoms with van der Waals surface area (Å²) < 4.78 is 6.01. The van der Waals surface area contributed by atoms with Crippen LogP contribution in [0.5, 0.6) is 0 Å². The lowest BCUT2D eigenvalue weighted by Crippen LogP contribution is -2.46. The van der Waals surface area contributed by atoms with E-state index in [1.807, 2.05) is 11.8 Å². The molecule has 1 aromatic carbocycles. The molecule has 2 atom stereocenters. The van der Waals surface area contributed by atoms with Gasteiger partial charge in [-0.25, -0.2) is 0 Å². The van der Waals surface area contributed by atoms with Gasteiger partial charge in [-0.1, -0.05) is 25.1 Å². The van der Waals surface area contributed by atoms with E-state index in [4.69, 9.17) is 4.74 Å². The first-order chi connectivity index (χ1) is 9.72. The number of hydrogen-bond acceptors (Lipinski definition) is 3. The molecule has 0 spiro atoms. The van der Waals surface area contributed by atoms with E-state index in [-0.39, 0.29) is 0 Å². The predicted octanol–water partition coefficient (Wildman–Crippen LogP) is 3.35. The second-order valence-electron chi connectivity index (χ2n) is 5.62. The average Bonchev–Trinajstić information content (AvgIpc) is 2.47. The number of nitrogens with one attached hydrogen (secondary N) is 1.